The zero-order chi connectivity index (χ0) is 16.0. The van der Waals surface area contributed by atoms with Crippen molar-refractivity contribution >= 4 is 16.6 Å². The summed E-state index contributed by atoms with van der Waals surface area (Å²) in [4.78, 5) is 12.3. The first-order chi connectivity index (χ1) is 11.2. The Labute approximate surface area is 133 Å². The monoisotopic (exact) mass is 306 g/mol. The lowest BCUT2D eigenvalue weighted by molar-refractivity contribution is 0.435. The topological polar surface area (TPSA) is 66.2 Å². The summed E-state index contributed by atoms with van der Waals surface area (Å²) in [7, 11) is 0. The largest absolute Gasteiger partial charge is 0.493 e. The second-order valence-corrected chi connectivity index (χ2v) is 5.88. The van der Waals surface area contributed by atoms with Gasteiger partial charge in [0.1, 0.15) is 5.69 Å². The van der Waals surface area contributed by atoms with Gasteiger partial charge in [-0.3, -0.25) is 9.38 Å². The van der Waals surface area contributed by atoms with Gasteiger partial charge in [-0.1, -0.05) is 32.0 Å². The third kappa shape index (κ3) is 2.08. The standard InChI is InChI=1S/C18H18N4O/c1-3-11(2)17-18(23)22-10-15(20-9-16(22)21-17)13-8-19-14-7-5-4-6-12(13)14/h4-11,19,23H,3H2,1-2H3. The maximum absolute atomic E-state index is 10.5. The molecule has 0 radical (unpaired) electrons. The summed E-state index contributed by atoms with van der Waals surface area (Å²) >= 11 is 0. The van der Waals surface area contributed by atoms with E-state index in [1.807, 2.05) is 30.6 Å². The molecular weight excluding hydrogens is 288 g/mol. The highest BCUT2D eigenvalue weighted by Gasteiger charge is 2.17. The Bertz CT molecular complexity index is 999. The van der Waals surface area contributed by atoms with Crippen molar-refractivity contribution in [3.05, 3.63) is 48.5 Å². The number of para-hydroxylation sites is 1. The fraction of sp³-hybridized carbons (Fsp3) is 0.222. The molecule has 0 aliphatic heterocycles. The van der Waals surface area contributed by atoms with Crippen molar-refractivity contribution in [3.63, 3.8) is 0 Å². The van der Waals surface area contributed by atoms with Crippen molar-refractivity contribution in [1.82, 2.24) is 19.4 Å². The van der Waals surface area contributed by atoms with Crippen LogP contribution in [0.15, 0.2) is 42.9 Å². The van der Waals surface area contributed by atoms with E-state index >= 15 is 0 Å². The Balaban J connectivity index is 1.90. The van der Waals surface area contributed by atoms with E-state index in [9.17, 15) is 5.11 Å². The minimum atomic E-state index is 0.206. The number of imidazole rings is 1. The van der Waals surface area contributed by atoms with Crippen LogP contribution in [0.4, 0.5) is 0 Å². The number of aromatic nitrogens is 4. The lowest BCUT2D eigenvalue weighted by Gasteiger charge is -2.04. The summed E-state index contributed by atoms with van der Waals surface area (Å²) in [6, 6.07) is 8.10. The predicted molar refractivity (Wildman–Crippen MR) is 90.7 cm³/mol. The van der Waals surface area contributed by atoms with Crippen LogP contribution in [0.5, 0.6) is 5.88 Å². The average Bonchev–Trinajstić information content (AvgIpc) is 3.15. The Hall–Kier alpha value is -2.82. The molecule has 0 aliphatic rings. The summed E-state index contributed by atoms with van der Waals surface area (Å²) in [6.07, 6.45) is 6.43. The third-order valence-corrected chi connectivity index (χ3v) is 4.45. The Kier molecular flexibility index (Phi) is 3.08. The van der Waals surface area contributed by atoms with E-state index in [0.29, 0.717) is 5.65 Å². The van der Waals surface area contributed by atoms with E-state index in [2.05, 4.69) is 34.9 Å². The van der Waals surface area contributed by atoms with Gasteiger partial charge in [0.2, 0.25) is 5.88 Å². The summed E-state index contributed by atoms with van der Waals surface area (Å²) in [6.45, 7) is 4.15. The van der Waals surface area contributed by atoms with E-state index in [1.54, 1.807) is 10.6 Å². The highest BCUT2D eigenvalue weighted by Crippen LogP contribution is 2.31. The molecule has 0 saturated heterocycles. The Morgan fingerprint density at radius 2 is 2.13 bits per heavy atom. The second-order valence-electron chi connectivity index (χ2n) is 5.88. The third-order valence-electron chi connectivity index (χ3n) is 4.45. The number of fused-ring (bicyclic) bond motifs is 2. The molecule has 0 bridgehead atoms. The average molecular weight is 306 g/mol. The van der Waals surface area contributed by atoms with Gasteiger partial charge >= 0.3 is 0 Å². The van der Waals surface area contributed by atoms with E-state index in [-0.39, 0.29) is 11.8 Å². The lowest BCUT2D eigenvalue weighted by Crippen LogP contribution is -1.92. The number of rotatable bonds is 3. The highest BCUT2D eigenvalue weighted by atomic mass is 16.3. The molecule has 3 aromatic heterocycles. The van der Waals surface area contributed by atoms with Gasteiger partial charge in [0.05, 0.1) is 11.9 Å². The zero-order valence-electron chi connectivity index (χ0n) is 13.1. The molecule has 5 heteroatoms. The first-order valence-corrected chi connectivity index (χ1v) is 7.82. The van der Waals surface area contributed by atoms with Crippen molar-refractivity contribution in [3.8, 4) is 17.1 Å². The maximum Gasteiger partial charge on any atom is 0.219 e. The van der Waals surface area contributed by atoms with Crippen molar-refractivity contribution in [2.75, 3.05) is 0 Å². The first kappa shape index (κ1) is 13.8. The van der Waals surface area contributed by atoms with Crippen LogP contribution in [-0.2, 0) is 0 Å². The molecule has 0 saturated carbocycles. The predicted octanol–water partition coefficient (Wildman–Crippen LogP) is 4.10. The van der Waals surface area contributed by atoms with Crippen LogP contribution in [0.25, 0.3) is 27.8 Å². The summed E-state index contributed by atoms with van der Waals surface area (Å²) < 4.78 is 1.71. The van der Waals surface area contributed by atoms with Crippen LogP contribution < -0.4 is 0 Å². The number of hydrogen-bond acceptors (Lipinski definition) is 3. The van der Waals surface area contributed by atoms with Crippen LogP contribution in [0.2, 0.25) is 0 Å². The zero-order valence-corrected chi connectivity index (χ0v) is 13.1. The smallest absolute Gasteiger partial charge is 0.219 e. The number of nitrogens with zero attached hydrogens (tertiary/aromatic N) is 3. The van der Waals surface area contributed by atoms with Gasteiger partial charge in [-0.25, -0.2) is 4.98 Å². The fourth-order valence-corrected chi connectivity index (χ4v) is 2.91. The second kappa shape index (κ2) is 5.12. The van der Waals surface area contributed by atoms with Crippen molar-refractivity contribution in [2.24, 2.45) is 0 Å². The molecular formula is C18H18N4O. The van der Waals surface area contributed by atoms with Gasteiger partial charge in [-0.2, -0.15) is 0 Å². The molecule has 0 aliphatic carbocycles. The molecule has 23 heavy (non-hydrogen) atoms. The minimum Gasteiger partial charge on any atom is -0.493 e. The number of H-pyrrole nitrogens is 1. The number of hydrogen-bond donors (Lipinski definition) is 2. The maximum atomic E-state index is 10.5. The van der Waals surface area contributed by atoms with Gasteiger partial charge in [-0.15, -0.1) is 0 Å². The summed E-state index contributed by atoms with van der Waals surface area (Å²) in [5, 5.41) is 11.6. The van der Waals surface area contributed by atoms with Gasteiger partial charge in [0.15, 0.2) is 5.65 Å². The van der Waals surface area contributed by atoms with Crippen LogP contribution in [0.1, 0.15) is 31.9 Å². The van der Waals surface area contributed by atoms with Crippen molar-refractivity contribution in [2.45, 2.75) is 26.2 Å². The van der Waals surface area contributed by atoms with Crippen LogP contribution >= 0.6 is 0 Å². The minimum absolute atomic E-state index is 0.206. The van der Waals surface area contributed by atoms with Crippen molar-refractivity contribution < 1.29 is 5.11 Å². The molecule has 0 amide bonds. The summed E-state index contributed by atoms with van der Waals surface area (Å²) in [5.74, 6) is 0.421. The molecule has 4 aromatic rings. The number of aromatic hydroxyl groups is 1. The first-order valence-electron chi connectivity index (χ1n) is 7.82. The lowest BCUT2D eigenvalue weighted by atomic mass is 10.1. The molecule has 1 unspecified atom stereocenters. The van der Waals surface area contributed by atoms with E-state index in [1.165, 1.54) is 0 Å². The SMILES string of the molecule is CCC(C)c1nc2cnc(-c3c[nH]c4ccccc34)cn2c1O. The molecule has 1 aromatic carbocycles. The van der Waals surface area contributed by atoms with Crippen LogP contribution in [0, 0.1) is 0 Å². The number of aromatic amines is 1. The molecule has 1 atom stereocenters. The van der Waals surface area contributed by atoms with Crippen LogP contribution in [-0.4, -0.2) is 24.5 Å². The van der Waals surface area contributed by atoms with Gasteiger partial charge in [-0.05, 0) is 12.5 Å². The number of benzene rings is 1. The van der Waals surface area contributed by atoms with Gasteiger partial charge in [0, 0.05) is 34.8 Å². The van der Waals surface area contributed by atoms with Gasteiger partial charge in [0.25, 0.3) is 0 Å². The Morgan fingerprint density at radius 3 is 2.96 bits per heavy atom. The van der Waals surface area contributed by atoms with E-state index in [0.717, 1.165) is 34.3 Å². The fourth-order valence-electron chi connectivity index (χ4n) is 2.91. The molecule has 0 spiro atoms. The quantitative estimate of drug-likeness (QED) is 0.599. The summed E-state index contributed by atoms with van der Waals surface area (Å²) in [5.41, 5.74) is 4.28. The van der Waals surface area contributed by atoms with Crippen molar-refractivity contribution in [1.29, 1.82) is 0 Å². The van der Waals surface area contributed by atoms with Gasteiger partial charge < -0.3 is 10.1 Å². The van der Waals surface area contributed by atoms with E-state index in [4.69, 9.17) is 0 Å². The molecule has 3 heterocycles. The molecule has 5 nitrogen and oxygen atoms in total. The molecule has 116 valence electrons. The molecule has 0 fully saturated rings. The molecule has 2 N–H and O–H groups in total. The number of nitrogens with one attached hydrogen (secondary N) is 1. The molecule has 4 rings (SSSR count). The van der Waals surface area contributed by atoms with Crippen LogP contribution in [0.3, 0.4) is 0 Å². The Morgan fingerprint density at radius 1 is 1.30 bits per heavy atom. The normalized spacial score (nSPS) is 13.0. The highest BCUT2D eigenvalue weighted by molar-refractivity contribution is 5.94. The van der Waals surface area contributed by atoms with E-state index < -0.39 is 0 Å².